The lowest BCUT2D eigenvalue weighted by atomic mass is 10.1. The van der Waals surface area contributed by atoms with Crippen LogP contribution in [-0.2, 0) is 6.54 Å². The summed E-state index contributed by atoms with van der Waals surface area (Å²) in [5.74, 6) is 1.60. The first-order valence-electron chi connectivity index (χ1n) is 6.68. The number of nitrogens with zero attached hydrogens (tertiary/aromatic N) is 1. The summed E-state index contributed by atoms with van der Waals surface area (Å²) in [5, 5.41) is 0. The van der Waals surface area contributed by atoms with Crippen LogP contribution in [0.5, 0.6) is 11.5 Å². The summed E-state index contributed by atoms with van der Waals surface area (Å²) in [6.45, 7) is 7.70. The van der Waals surface area contributed by atoms with Crippen LogP contribution < -0.4 is 9.47 Å². The van der Waals surface area contributed by atoms with Crippen molar-refractivity contribution in [2.24, 2.45) is 0 Å². The first kappa shape index (κ1) is 18.1. The van der Waals surface area contributed by atoms with Crippen LogP contribution in [0.15, 0.2) is 18.2 Å². The normalized spacial score (nSPS) is 10.2. The molecule has 0 aliphatic carbocycles. The third-order valence-corrected chi connectivity index (χ3v) is 2.93. The zero-order valence-electron chi connectivity index (χ0n) is 12.4. The summed E-state index contributed by atoms with van der Waals surface area (Å²) in [5.41, 5.74) is 1.27. The van der Waals surface area contributed by atoms with Gasteiger partial charge in [0.2, 0.25) is 0 Å². The average molecular weight is 288 g/mol. The molecule has 0 amide bonds. The first-order valence-corrected chi connectivity index (χ1v) is 6.68. The molecule has 4 heteroatoms. The van der Waals surface area contributed by atoms with Gasteiger partial charge in [-0.25, -0.2) is 0 Å². The summed E-state index contributed by atoms with van der Waals surface area (Å²) in [4.78, 5) is 2.47. The third-order valence-electron chi connectivity index (χ3n) is 2.93. The fraction of sp³-hybridized carbons (Fsp3) is 0.600. The van der Waals surface area contributed by atoms with Crippen molar-refractivity contribution in [1.29, 1.82) is 0 Å². The van der Waals surface area contributed by atoms with Crippen LogP contribution in [0, 0.1) is 0 Å². The number of benzene rings is 1. The number of ether oxygens (including phenoxy) is 2. The predicted octanol–water partition coefficient (Wildman–Crippen LogP) is 3.75. The van der Waals surface area contributed by atoms with E-state index in [1.54, 1.807) is 14.2 Å². The monoisotopic (exact) mass is 287 g/mol. The van der Waals surface area contributed by atoms with E-state index in [4.69, 9.17) is 9.47 Å². The van der Waals surface area contributed by atoms with E-state index < -0.39 is 0 Å². The number of halogens is 1. The van der Waals surface area contributed by atoms with Gasteiger partial charge in [-0.2, -0.15) is 0 Å². The number of rotatable bonds is 8. The molecule has 0 radical (unpaired) electrons. The summed E-state index contributed by atoms with van der Waals surface area (Å²) < 4.78 is 10.6. The molecule has 0 bridgehead atoms. The lowest BCUT2D eigenvalue weighted by Gasteiger charge is -2.21. The van der Waals surface area contributed by atoms with Crippen LogP contribution >= 0.6 is 12.4 Å². The second-order valence-corrected chi connectivity index (χ2v) is 4.47. The summed E-state index contributed by atoms with van der Waals surface area (Å²) in [7, 11) is 3.34. The van der Waals surface area contributed by atoms with E-state index in [2.05, 4.69) is 30.9 Å². The highest BCUT2D eigenvalue weighted by molar-refractivity contribution is 5.85. The molecule has 19 heavy (non-hydrogen) atoms. The van der Waals surface area contributed by atoms with Gasteiger partial charge >= 0.3 is 0 Å². The Labute approximate surface area is 123 Å². The van der Waals surface area contributed by atoms with Gasteiger partial charge in [0.1, 0.15) is 0 Å². The summed E-state index contributed by atoms with van der Waals surface area (Å²) in [6.07, 6.45) is 2.38. The highest BCUT2D eigenvalue weighted by Gasteiger charge is 2.08. The molecule has 0 aromatic heterocycles. The molecule has 0 saturated heterocycles. The summed E-state index contributed by atoms with van der Waals surface area (Å²) in [6, 6.07) is 6.15. The minimum atomic E-state index is 0. The maximum Gasteiger partial charge on any atom is 0.161 e. The van der Waals surface area contributed by atoms with E-state index in [9.17, 15) is 0 Å². The Morgan fingerprint density at radius 1 is 0.947 bits per heavy atom. The van der Waals surface area contributed by atoms with Gasteiger partial charge in [0.25, 0.3) is 0 Å². The molecule has 0 spiro atoms. The molecule has 3 nitrogen and oxygen atoms in total. The van der Waals surface area contributed by atoms with Crippen molar-refractivity contribution in [1.82, 2.24) is 4.90 Å². The van der Waals surface area contributed by atoms with Crippen LogP contribution in [0.4, 0.5) is 0 Å². The van der Waals surface area contributed by atoms with Crippen LogP contribution in [-0.4, -0.2) is 32.2 Å². The summed E-state index contributed by atoms with van der Waals surface area (Å²) >= 11 is 0. The molecule has 0 fully saturated rings. The Morgan fingerprint density at radius 2 is 1.53 bits per heavy atom. The Balaban J connectivity index is 0.00000324. The van der Waals surface area contributed by atoms with Crippen molar-refractivity contribution in [2.75, 3.05) is 27.3 Å². The number of hydrogen-bond donors (Lipinski definition) is 0. The van der Waals surface area contributed by atoms with Gasteiger partial charge < -0.3 is 9.47 Å². The van der Waals surface area contributed by atoms with Gasteiger partial charge in [0.05, 0.1) is 14.2 Å². The van der Waals surface area contributed by atoms with Gasteiger partial charge in [-0.1, -0.05) is 19.9 Å². The molecular formula is C15H26ClNO2. The van der Waals surface area contributed by atoms with Crippen molar-refractivity contribution < 1.29 is 9.47 Å². The lowest BCUT2D eigenvalue weighted by molar-refractivity contribution is 0.265. The molecule has 0 heterocycles. The molecule has 1 aromatic rings. The molecule has 0 N–H and O–H groups in total. The Morgan fingerprint density at radius 3 is 2.00 bits per heavy atom. The fourth-order valence-electron chi connectivity index (χ4n) is 2.14. The van der Waals surface area contributed by atoms with E-state index in [1.807, 2.05) is 6.07 Å². The Kier molecular flexibility index (Phi) is 9.44. The van der Waals surface area contributed by atoms with Crippen LogP contribution in [0.1, 0.15) is 32.3 Å². The van der Waals surface area contributed by atoms with Crippen molar-refractivity contribution in [2.45, 2.75) is 33.2 Å². The second-order valence-electron chi connectivity index (χ2n) is 4.47. The standard InChI is InChI=1S/C15H25NO2.ClH/c1-5-9-16(10-6-2)12-13-7-8-14(17-3)15(11-13)18-4;/h7-8,11H,5-6,9-10,12H2,1-4H3;1H. The Hall–Kier alpha value is -0.930. The van der Waals surface area contributed by atoms with Crippen LogP contribution in [0.3, 0.4) is 0 Å². The highest BCUT2D eigenvalue weighted by atomic mass is 35.5. The number of methoxy groups -OCH3 is 2. The van der Waals surface area contributed by atoms with E-state index in [0.29, 0.717) is 0 Å². The maximum absolute atomic E-state index is 5.33. The van der Waals surface area contributed by atoms with Gasteiger partial charge in [0, 0.05) is 6.54 Å². The van der Waals surface area contributed by atoms with Gasteiger partial charge in [0.15, 0.2) is 11.5 Å². The zero-order chi connectivity index (χ0) is 13.4. The van der Waals surface area contributed by atoms with Gasteiger partial charge in [-0.05, 0) is 43.6 Å². The third kappa shape index (κ3) is 5.70. The predicted molar refractivity (Wildman–Crippen MR) is 82.7 cm³/mol. The van der Waals surface area contributed by atoms with Gasteiger partial charge in [-0.15, -0.1) is 12.4 Å². The average Bonchev–Trinajstić information content (AvgIpc) is 2.39. The highest BCUT2D eigenvalue weighted by Crippen LogP contribution is 2.28. The molecule has 0 aliphatic heterocycles. The smallest absolute Gasteiger partial charge is 0.161 e. The van der Waals surface area contributed by atoms with E-state index in [-0.39, 0.29) is 12.4 Å². The van der Waals surface area contributed by atoms with Crippen molar-refractivity contribution in [3.05, 3.63) is 23.8 Å². The lowest BCUT2D eigenvalue weighted by Crippen LogP contribution is -2.24. The molecule has 110 valence electrons. The first-order chi connectivity index (χ1) is 8.74. The second kappa shape index (κ2) is 9.93. The zero-order valence-corrected chi connectivity index (χ0v) is 13.3. The van der Waals surface area contributed by atoms with E-state index in [1.165, 1.54) is 18.4 Å². The van der Waals surface area contributed by atoms with Crippen molar-refractivity contribution >= 4 is 12.4 Å². The molecule has 1 rings (SSSR count). The SMILES string of the molecule is CCCN(CCC)Cc1ccc(OC)c(OC)c1.Cl. The topological polar surface area (TPSA) is 21.7 Å². The molecule has 0 atom stereocenters. The fourth-order valence-corrected chi connectivity index (χ4v) is 2.14. The maximum atomic E-state index is 5.33. The molecule has 0 aliphatic rings. The molecular weight excluding hydrogens is 262 g/mol. The van der Waals surface area contributed by atoms with Crippen LogP contribution in [0.25, 0.3) is 0 Å². The van der Waals surface area contributed by atoms with Crippen LogP contribution in [0.2, 0.25) is 0 Å². The Bertz CT molecular complexity index is 352. The molecule has 1 aromatic carbocycles. The molecule has 0 unspecified atom stereocenters. The molecule has 0 saturated carbocycles. The van der Waals surface area contributed by atoms with Crippen molar-refractivity contribution in [3.8, 4) is 11.5 Å². The van der Waals surface area contributed by atoms with E-state index >= 15 is 0 Å². The quantitative estimate of drug-likeness (QED) is 0.727. The largest absolute Gasteiger partial charge is 0.493 e. The number of hydrogen-bond acceptors (Lipinski definition) is 3. The van der Waals surface area contributed by atoms with E-state index in [0.717, 1.165) is 31.1 Å². The van der Waals surface area contributed by atoms with Crippen molar-refractivity contribution in [3.63, 3.8) is 0 Å². The minimum Gasteiger partial charge on any atom is -0.493 e. The van der Waals surface area contributed by atoms with Gasteiger partial charge in [-0.3, -0.25) is 4.90 Å². The minimum absolute atomic E-state index is 0.